The largest absolute Gasteiger partial charge is 0.482 e. The maximum atomic E-state index is 12.4. The predicted molar refractivity (Wildman–Crippen MR) is 96.5 cm³/mol. The summed E-state index contributed by atoms with van der Waals surface area (Å²) in [7, 11) is 0. The van der Waals surface area contributed by atoms with Gasteiger partial charge in [0.05, 0.1) is 5.69 Å². The smallest absolute Gasteiger partial charge is 0.265 e. The molecular formula is C18H17BrN2O3. The molecule has 6 heteroatoms. The number of nitrogens with zero attached hydrogens (tertiary/aromatic N) is 1. The summed E-state index contributed by atoms with van der Waals surface area (Å²) in [6.07, 6.45) is 0. The molecule has 5 nitrogen and oxygen atoms in total. The first kappa shape index (κ1) is 16.5. The first-order chi connectivity index (χ1) is 11.4. The number of hydrogen-bond acceptors (Lipinski definition) is 3. The Morgan fingerprint density at radius 3 is 2.62 bits per heavy atom. The molecule has 0 unspecified atom stereocenters. The summed E-state index contributed by atoms with van der Waals surface area (Å²) in [5, 5.41) is 2.85. The van der Waals surface area contributed by atoms with Gasteiger partial charge in [-0.05, 0) is 55.3 Å². The van der Waals surface area contributed by atoms with Crippen LogP contribution in [0.3, 0.4) is 0 Å². The zero-order valence-corrected chi connectivity index (χ0v) is 15.0. The van der Waals surface area contributed by atoms with Crippen LogP contribution in [0.25, 0.3) is 0 Å². The number of ether oxygens (including phenoxy) is 1. The van der Waals surface area contributed by atoms with Crippen molar-refractivity contribution >= 4 is 39.1 Å². The van der Waals surface area contributed by atoms with Gasteiger partial charge in [-0.3, -0.25) is 14.5 Å². The van der Waals surface area contributed by atoms with Crippen LogP contribution in [0.1, 0.15) is 11.1 Å². The number of rotatable bonds is 3. The molecule has 124 valence electrons. The third-order valence-corrected chi connectivity index (χ3v) is 4.17. The van der Waals surface area contributed by atoms with Crippen LogP contribution in [0.4, 0.5) is 11.4 Å². The van der Waals surface area contributed by atoms with Gasteiger partial charge in [-0.1, -0.05) is 22.0 Å². The van der Waals surface area contributed by atoms with E-state index < -0.39 is 0 Å². The number of amides is 2. The average Bonchev–Trinajstić information content (AvgIpc) is 2.49. The number of hydrogen-bond donors (Lipinski definition) is 1. The Balaban J connectivity index is 1.78. The van der Waals surface area contributed by atoms with Crippen molar-refractivity contribution in [3.63, 3.8) is 0 Å². The first-order valence-electron chi connectivity index (χ1n) is 7.53. The number of benzene rings is 2. The number of carbonyl (C=O) groups excluding carboxylic acids is 2. The molecule has 0 spiro atoms. The van der Waals surface area contributed by atoms with E-state index in [-0.39, 0.29) is 25.0 Å². The highest BCUT2D eigenvalue weighted by atomic mass is 79.9. The number of halogens is 1. The molecular weight excluding hydrogens is 372 g/mol. The summed E-state index contributed by atoms with van der Waals surface area (Å²) in [4.78, 5) is 26.0. The Hall–Kier alpha value is -2.34. The summed E-state index contributed by atoms with van der Waals surface area (Å²) in [6.45, 7) is 3.83. The van der Waals surface area contributed by atoms with Crippen LogP contribution < -0.4 is 15.0 Å². The predicted octanol–water partition coefficient (Wildman–Crippen LogP) is 3.43. The zero-order chi connectivity index (χ0) is 17.3. The molecule has 1 aliphatic heterocycles. The highest BCUT2D eigenvalue weighted by Gasteiger charge is 2.27. The summed E-state index contributed by atoms with van der Waals surface area (Å²) in [5.41, 5.74) is 3.48. The molecule has 1 aliphatic rings. The van der Waals surface area contributed by atoms with Gasteiger partial charge in [0, 0.05) is 10.2 Å². The van der Waals surface area contributed by atoms with Crippen molar-refractivity contribution in [3.05, 3.63) is 52.0 Å². The molecule has 0 aliphatic carbocycles. The zero-order valence-electron chi connectivity index (χ0n) is 13.4. The minimum absolute atomic E-state index is 0.0518. The van der Waals surface area contributed by atoms with E-state index in [0.29, 0.717) is 11.4 Å². The van der Waals surface area contributed by atoms with Crippen LogP contribution in [-0.2, 0) is 9.59 Å². The molecule has 0 atom stereocenters. The van der Waals surface area contributed by atoms with Crippen molar-refractivity contribution in [1.82, 2.24) is 0 Å². The van der Waals surface area contributed by atoms with E-state index in [2.05, 4.69) is 21.2 Å². The molecule has 0 saturated carbocycles. The Bertz CT molecular complexity index is 800. The molecule has 0 radical (unpaired) electrons. The van der Waals surface area contributed by atoms with Crippen molar-refractivity contribution in [3.8, 4) is 5.75 Å². The number of aryl methyl sites for hydroxylation is 2. The second-order valence-electron chi connectivity index (χ2n) is 5.81. The molecule has 0 saturated heterocycles. The molecule has 0 bridgehead atoms. The van der Waals surface area contributed by atoms with Gasteiger partial charge in [-0.2, -0.15) is 0 Å². The van der Waals surface area contributed by atoms with E-state index in [4.69, 9.17) is 4.74 Å². The van der Waals surface area contributed by atoms with E-state index in [1.807, 2.05) is 38.1 Å². The molecule has 24 heavy (non-hydrogen) atoms. The van der Waals surface area contributed by atoms with E-state index >= 15 is 0 Å². The first-order valence-corrected chi connectivity index (χ1v) is 8.32. The normalized spacial score (nSPS) is 13.3. The van der Waals surface area contributed by atoms with Crippen LogP contribution in [0.2, 0.25) is 0 Å². The fourth-order valence-electron chi connectivity index (χ4n) is 2.74. The number of fused-ring (bicyclic) bond motifs is 1. The van der Waals surface area contributed by atoms with Crippen molar-refractivity contribution in [2.75, 3.05) is 23.4 Å². The maximum absolute atomic E-state index is 12.4. The molecule has 2 amide bonds. The molecule has 0 fully saturated rings. The van der Waals surface area contributed by atoms with Crippen LogP contribution in [0, 0.1) is 13.8 Å². The Kier molecular flexibility index (Phi) is 4.57. The lowest BCUT2D eigenvalue weighted by atomic mass is 10.1. The maximum Gasteiger partial charge on any atom is 0.265 e. The standard InChI is InChI=1S/C18H17BrN2O3/c1-11-5-12(2)7-14(6-11)20-17(22)9-21-15-4-3-13(19)8-16(15)24-10-18(21)23/h3-8H,9-10H2,1-2H3,(H,20,22). The van der Waals surface area contributed by atoms with Crippen molar-refractivity contribution in [2.45, 2.75) is 13.8 Å². The van der Waals surface area contributed by atoms with Gasteiger partial charge in [0.25, 0.3) is 5.91 Å². The number of carbonyl (C=O) groups is 2. The van der Waals surface area contributed by atoms with Crippen molar-refractivity contribution in [2.24, 2.45) is 0 Å². The van der Waals surface area contributed by atoms with Crippen molar-refractivity contribution in [1.29, 1.82) is 0 Å². The van der Waals surface area contributed by atoms with Gasteiger partial charge < -0.3 is 10.1 Å². The van der Waals surface area contributed by atoms with Crippen LogP contribution >= 0.6 is 15.9 Å². The van der Waals surface area contributed by atoms with Gasteiger partial charge in [0.15, 0.2) is 6.61 Å². The van der Waals surface area contributed by atoms with Gasteiger partial charge in [-0.25, -0.2) is 0 Å². The summed E-state index contributed by atoms with van der Waals surface area (Å²) in [6, 6.07) is 11.2. The van der Waals surface area contributed by atoms with Gasteiger partial charge in [0.1, 0.15) is 12.3 Å². The molecule has 1 heterocycles. The van der Waals surface area contributed by atoms with E-state index in [1.165, 1.54) is 4.90 Å². The fraction of sp³-hybridized carbons (Fsp3) is 0.222. The van der Waals surface area contributed by atoms with E-state index in [9.17, 15) is 9.59 Å². The Morgan fingerprint density at radius 1 is 1.21 bits per heavy atom. The molecule has 1 N–H and O–H groups in total. The van der Waals surface area contributed by atoms with Crippen LogP contribution in [-0.4, -0.2) is 25.0 Å². The third-order valence-electron chi connectivity index (χ3n) is 3.67. The minimum Gasteiger partial charge on any atom is -0.482 e. The second-order valence-corrected chi connectivity index (χ2v) is 6.72. The quantitative estimate of drug-likeness (QED) is 0.875. The molecule has 3 rings (SSSR count). The monoisotopic (exact) mass is 388 g/mol. The fourth-order valence-corrected chi connectivity index (χ4v) is 3.08. The lowest BCUT2D eigenvalue weighted by molar-refractivity contribution is -0.123. The number of anilines is 2. The number of nitrogens with one attached hydrogen (secondary N) is 1. The van der Waals surface area contributed by atoms with E-state index in [0.717, 1.165) is 21.3 Å². The highest BCUT2D eigenvalue weighted by Crippen LogP contribution is 2.34. The highest BCUT2D eigenvalue weighted by molar-refractivity contribution is 9.10. The molecule has 2 aromatic rings. The van der Waals surface area contributed by atoms with Gasteiger partial charge in [0.2, 0.25) is 5.91 Å². The van der Waals surface area contributed by atoms with Gasteiger partial charge >= 0.3 is 0 Å². The van der Waals surface area contributed by atoms with Crippen molar-refractivity contribution < 1.29 is 14.3 Å². The lowest BCUT2D eigenvalue weighted by Crippen LogP contribution is -2.43. The SMILES string of the molecule is Cc1cc(C)cc(NC(=O)CN2C(=O)COc3cc(Br)ccc32)c1. The minimum atomic E-state index is -0.246. The lowest BCUT2D eigenvalue weighted by Gasteiger charge is -2.29. The molecule has 0 aromatic heterocycles. The van der Waals surface area contributed by atoms with E-state index in [1.54, 1.807) is 12.1 Å². The second kappa shape index (κ2) is 6.65. The average molecular weight is 389 g/mol. The summed E-state index contributed by atoms with van der Waals surface area (Å²) in [5.74, 6) is 0.104. The van der Waals surface area contributed by atoms with Gasteiger partial charge in [-0.15, -0.1) is 0 Å². The van der Waals surface area contributed by atoms with Crippen LogP contribution in [0.15, 0.2) is 40.9 Å². The summed E-state index contributed by atoms with van der Waals surface area (Å²) < 4.78 is 6.28. The third kappa shape index (κ3) is 3.59. The summed E-state index contributed by atoms with van der Waals surface area (Å²) >= 11 is 3.37. The van der Waals surface area contributed by atoms with Crippen LogP contribution in [0.5, 0.6) is 5.75 Å². The molecule has 2 aromatic carbocycles. The Morgan fingerprint density at radius 2 is 1.92 bits per heavy atom. The topological polar surface area (TPSA) is 58.6 Å². The Labute approximate surface area is 148 Å².